The Morgan fingerprint density at radius 1 is 1.07 bits per heavy atom. The Morgan fingerprint density at radius 2 is 1.83 bits per heavy atom. The molecule has 6 heteroatoms. The zero-order valence-electron chi connectivity index (χ0n) is 18.4. The summed E-state index contributed by atoms with van der Waals surface area (Å²) in [5, 5.41) is 3.10. The maximum atomic E-state index is 12.4. The molecule has 0 radical (unpaired) electrons. The van der Waals surface area contributed by atoms with Crippen molar-refractivity contribution in [1.82, 2.24) is 15.1 Å². The molecule has 2 amide bonds. The number of piperidine rings is 2. The molecular weight excluding hydrogens is 378 g/mol. The minimum atomic E-state index is -0.00950. The van der Waals surface area contributed by atoms with Crippen LogP contribution in [0.1, 0.15) is 45.4 Å². The van der Waals surface area contributed by atoms with Crippen molar-refractivity contribution in [3.8, 4) is 5.75 Å². The summed E-state index contributed by atoms with van der Waals surface area (Å²) in [6, 6.07) is 9.38. The van der Waals surface area contributed by atoms with Crippen LogP contribution in [0.3, 0.4) is 0 Å². The molecule has 0 spiro atoms. The number of amides is 2. The van der Waals surface area contributed by atoms with Crippen molar-refractivity contribution in [2.45, 2.75) is 45.4 Å². The number of ether oxygens (including phenoxy) is 1. The topological polar surface area (TPSA) is 61.9 Å². The average molecular weight is 416 g/mol. The van der Waals surface area contributed by atoms with Crippen LogP contribution in [0.25, 0.3) is 0 Å². The zero-order valence-corrected chi connectivity index (χ0v) is 18.4. The molecule has 1 atom stereocenters. The van der Waals surface area contributed by atoms with Gasteiger partial charge in [0.05, 0.1) is 0 Å². The van der Waals surface area contributed by atoms with Gasteiger partial charge in [-0.15, -0.1) is 0 Å². The van der Waals surface area contributed by atoms with E-state index in [-0.39, 0.29) is 24.3 Å². The smallest absolute Gasteiger partial charge is 0.260 e. The third kappa shape index (κ3) is 7.31. The highest BCUT2D eigenvalue weighted by Crippen LogP contribution is 2.18. The van der Waals surface area contributed by atoms with E-state index in [1.807, 2.05) is 35.2 Å². The molecule has 6 nitrogen and oxygen atoms in total. The van der Waals surface area contributed by atoms with Gasteiger partial charge in [-0.1, -0.05) is 25.1 Å². The molecule has 1 aromatic carbocycles. The van der Waals surface area contributed by atoms with Crippen molar-refractivity contribution in [3.63, 3.8) is 0 Å². The quantitative estimate of drug-likeness (QED) is 0.630. The number of para-hydroxylation sites is 1. The maximum absolute atomic E-state index is 12.4. The molecule has 1 unspecified atom stereocenters. The number of rotatable bonds is 9. The highest BCUT2D eigenvalue weighted by Gasteiger charge is 2.27. The van der Waals surface area contributed by atoms with Gasteiger partial charge in [0, 0.05) is 32.1 Å². The second-order valence-corrected chi connectivity index (χ2v) is 8.80. The number of benzene rings is 1. The van der Waals surface area contributed by atoms with E-state index in [4.69, 9.17) is 4.74 Å². The third-order valence-electron chi connectivity index (χ3n) is 6.27. The monoisotopic (exact) mass is 415 g/mol. The summed E-state index contributed by atoms with van der Waals surface area (Å²) < 4.78 is 5.55. The number of unbranched alkanes of at least 4 members (excludes halogenated alkanes) is 1. The van der Waals surface area contributed by atoms with Crippen LogP contribution in [0.4, 0.5) is 0 Å². The van der Waals surface area contributed by atoms with Gasteiger partial charge in [0.25, 0.3) is 5.91 Å². The summed E-state index contributed by atoms with van der Waals surface area (Å²) in [4.78, 5) is 29.2. The lowest BCUT2D eigenvalue weighted by Gasteiger charge is -2.31. The summed E-state index contributed by atoms with van der Waals surface area (Å²) in [5.41, 5.74) is 0. The van der Waals surface area contributed by atoms with Gasteiger partial charge in [0.2, 0.25) is 5.91 Å². The molecule has 2 heterocycles. The van der Waals surface area contributed by atoms with Crippen LogP contribution in [-0.4, -0.2) is 67.5 Å². The standard InChI is InChI=1S/C24H37N3O3/c1-20-8-7-15-26(18-20)14-6-5-13-25-24(29)21-11-16-27(17-12-21)23(28)19-30-22-9-3-2-4-10-22/h2-4,9-10,20-21H,5-8,11-19H2,1H3,(H,25,29). The SMILES string of the molecule is CC1CCCN(CCCCNC(=O)C2CCN(C(=O)COc3ccccc3)CC2)C1. The van der Waals surface area contributed by atoms with E-state index < -0.39 is 0 Å². The number of carbonyl (C=O) groups is 2. The van der Waals surface area contributed by atoms with E-state index in [1.54, 1.807) is 0 Å². The summed E-state index contributed by atoms with van der Waals surface area (Å²) in [6.45, 7) is 7.99. The molecule has 0 bridgehead atoms. The number of nitrogens with zero attached hydrogens (tertiary/aromatic N) is 2. The first-order valence-corrected chi connectivity index (χ1v) is 11.6. The molecule has 0 saturated carbocycles. The van der Waals surface area contributed by atoms with Gasteiger partial charge in [-0.3, -0.25) is 9.59 Å². The van der Waals surface area contributed by atoms with Crippen molar-refractivity contribution in [3.05, 3.63) is 30.3 Å². The fraction of sp³-hybridized carbons (Fsp3) is 0.667. The fourth-order valence-corrected chi connectivity index (χ4v) is 4.45. The van der Waals surface area contributed by atoms with E-state index in [0.29, 0.717) is 18.8 Å². The largest absolute Gasteiger partial charge is 0.484 e. The maximum Gasteiger partial charge on any atom is 0.260 e. The van der Waals surface area contributed by atoms with Crippen molar-refractivity contribution in [2.75, 3.05) is 45.9 Å². The molecule has 0 aliphatic carbocycles. The Kier molecular flexibility index (Phi) is 9.00. The van der Waals surface area contributed by atoms with Gasteiger partial charge >= 0.3 is 0 Å². The average Bonchev–Trinajstić information content (AvgIpc) is 2.78. The zero-order chi connectivity index (χ0) is 21.2. The molecule has 166 valence electrons. The van der Waals surface area contributed by atoms with Crippen LogP contribution in [0.2, 0.25) is 0 Å². The molecule has 2 aliphatic heterocycles. The van der Waals surface area contributed by atoms with Crippen LogP contribution < -0.4 is 10.1 Å². The van der Waals surface area contributed by atoms with Crippen LogP contribution in [-0.2, 0) is 9.59 Å². The summed E-state index contributed by atoms with van der Waals surface area (Å²) in [5.74, 6) is 1.68. The molecule has 0 aromatic heterocycles. The summed E-state index contributed by atoms with van der Waals surface area (Å²) in [6.07, 6.45) is 6.31. The molecular formula is C24H37N3O3. The summed E-state index contributed by atoms with van der Waals surface area (Å²) in [7, 11) is 0. The van der Waals surface area contributed by atoms with Gasteiger partial charge in [-0.25, -0.2) is 0 Å². The van der Waals surface area contributed by atoms with Crippen LogP contribution in [0.15, 0.2) is 30.3 Å². The lowest BCUT2D eigenvalue weighted by atomic mass is 9.96. The van der Waals surface area contributed by atoms with Gasteiger partial charge in [0.1, 0.15) is 5.75 Å². The number of hydrogen-bond acceptors (Lipinski definition) is 4. The first kappa shape index (κ1) is 22.6. The van der Waals surface area contributed by atoms with Crippen molar-refractivity contribution >= 4 is 11.8 Å². The lowest BCUT2D eigenvalue weighted by Crippen LogP contribution is -2.44. The molecule has 2 aliphatic rings. The van der Waals surface area contributed by atoms with Crippen LogP contribution >= 0.6 is 0 Å². The van der Waals surface area contributed by atoms with Crippen molar-refractivity contribution < 1.29 is 14.3 Å². The van der Waals surface area contributed by atoms with Crippen LogP contribution in [0, 0.1) is 11.8 Å². The third-order valence-corrected chi connectivity index (χ3v) is 6.27. The Morgan fingerprint density at radius 3 is 2.57 bits per heavy atom. The van der Waals surface area contributed by atoms with Gasteiger partial charge < -0.3 is 19.9 Å². The van der Waals surface area contributed by atoms with E-state index in [1.165, 1.54) is 25.9 Å². The van der Waals surface area contributed by atoms with E-state index in [0.717, 1.165) is 44.7 Å². The Hall–Kier alpha value is -2.08. The van der Waals surface area contributed by atoms with Gasteiger partial charge in [-0.2, -0.15) is 0 Å². The van der Waals surface area contributed by atoms with Gasteiger partial charge in [0.15, 0.2) is 6.61 Å². The van der Waals surface area contributed by atoms with Gasteiger partial charge in [-0.05, 0) is 69.7 Å². The highest BCUT2D eigenvalue weighted by molar-refractivity contribution is 5.80. The molecule has 1 aromatic rings. The second-order valence-electron chi connectivity index (χ2n) is 8.80. The Labute approximate surface area is 180 Å². The number of hydrogen-bond donors (Lipinski definition) is 1. The molecule has 30 heavy (non-hydrogen) atoms. The second kappa shape index (κ2) is 11.9. The minimum absolute atomic E-state index is 0.00950. The van der Waals surface area contributed by atoms with Crippen molar-refractivity contribution in [2.24, 2.45) is 11.8 Å². The summed E-state index contributed by atoms with van der Waals surface area (Å²) >= 11 is 0. The van der Waals surface area contributed by atoms with E-state index in [2.05, 4.69) is 17.1 Å². The molecule has 2 fully saturated rings. The Balaban J connectivity index is 1.25. The predicted molar refractivity (Wildman–Crippen MR) is 118 cm³/mol. The molecule has 1 N–H and O–H groups in total. The number of likely N-dealkylation sites (tertiary alicyclic amines) is 2. The molecule has 2 saturated heterocycles. The number of carbonyl (C=O) groups excluding carboxylic acids is 2. The Bertz CT molecular complexity index is 659. The van der Waals surface area contributed by atoms with E-state index in [9.17, 15) is 9.59 Å². The minimum Gasteiger partial charge on any atom is -0.484 e. The van der Waals surface area contributed by atoms with E-state index >= 15 is 0 Å². The normalized spacial score (nSPS) is 20.7. The molecule has 3 rings (SSSR count). The lowest BCUT2D eigenvalue weighted by molar-refractivity contribution is -0.137. The first-order valence-electron chi connectivity index (χ1n) is 11.6. The highest BCUT2D eigenvalue weighted by atomic mass is 16.5. The number of nitrogens with one attached hydrogen (secondary N) is 1. The van der Waals surface area contributed by atoms with Crippen molar-refractivity contribution in [1.29, 1.82) is 0 Å². The van der Waals surface area contributed by atoms with Crippen LogP contribution in [0.5, 0.6) is 5.75 Å². The first-order chi connectivity index (χ1) is 14.6. The fourth-order valence-electron chi connectivity index (χ4n) is 4.45. The predicted octanol–water partition coefficient (Wildman–Crippen LogP) is 2.93.